The van der Waals surface area contributed by atoms with Crippen LogP contribution in [0.5, 0.6) is 0 Å². The van der Waals surface area contributed by atoms with Gasteiger partial charge in [0.25, 0.3) is 5.69 Å². The van der Waals surface area contributed by atoms with Gasteiger partial charge in [-0.2, -0.15) is 0 Å². The van der Waals surface area contributed by atoms with E-state index in [1.54, 1.807) is 12.1 Å². The molecule has 2 aromatic heterocycles. The summed E-state index contributed by atoms with van der Waals surface area (Å²) in [6.07, 6.45) is 5.60. The lowest BCUT2D eigenvalue weighted by molar-refractivity contribution is -0.384. The molecule has 3 rings (SSSR count). The number of rotatable bonds is 2. The zero-order valence-corrected chi connectivity index (χ0v) is 15.0. The summed E-state index contributed by atoms with van der Waals surface area (Å²) < 4.78 is 0. The van der Waals surface area contributed by atoms with E-state index in [9.17, 15) is 10.1 Å². The third-order valence-electron chi connectivity index (χ3n) is 4.40. The Labute approximate surface area is 148 Å². The molecule has 121 valence electrons. The highest BCUT2D eigenvalue weighted by Gasteiger charge is 2.18. The summed E-state index contributed by atoms with van der Waals surface area (Å²) in [6, 6.07) is 6.36. The van der Waals surface area contributed by atoms with Gasteiger partial charge in [0.2, 0.25) is 0 Å². The first-order valence-corrected chi connectivity index (χ1v) is 8.09. The molecule has 0 saturated carbocycles. The molecular formula is C19H14N3O2Si. The van der Waals surface area contributed by atoms with E-state index >= 15 is 0 Å². The van der Waals surface area contributed by atoms with Crippen LogP contribution in [0, 0.1) is 43.2 Å². The number of aryl methyl sites for hydroxylation is 2. The minimum atomic E-state index is -0.426. The van der Waals surface area contributed by atoms with Gasteiger partial charge in [0, 0.05) is 28.4 Å². The van der Waals surface area contributed by atoms with Crippen LogP contribution in [0.3, 0.4) is 0 Å². The number of aromatic nitrogens is 2. The van der Waals surface area contributed by atoms with Crippen molar-refractivity contribution in [3.8, 4) is 23.6 Å². The second kappa shape index (κ2) is 6.11. The van der Waals surface area contributed by atoms with Gasteiger partial charge in [-0.15, -0.1) is 6.42 Å². The molecule has 3 aromatic rings. The maximum absolute atomic E-state index is 11.1. The number of hydrogen-bond acceptors (Lipinski definition) is 4. The van der Waals surface area contributed by atoms with E-state index in [1.165, 1.54) is 12.1 Å². The minimum Gasteiger partial charge on any atom is -0.258 e. The van der Waals surface area contributed by atoms with Crippen molar-refractivity contribution in [1.82, 2.24) is 9.97 Å². The van der Waals surface area contributed by atoms with Crippen molar-refractivity contribution in [3.05, 3.63) is 56.8 Å². The number of nitro benzene ring substituents is 1. The Morgan fingerprint density at radius 1 is 1.16 bits per heavy atom. The van der Waals surface area contributed by atoms with Crippen LogP contribution >= 0.6 is 0 Å². The lowest BCUT2D eigenvalue weighted by Gasteiger charge is -2.15. The smallest absolute Gasteiger partial charge is 0.258 e. The first-order chi connectivity index (χ1) is 11.8. The van der Waals surface area contributed by atoms with Crippen molar-refractivity contribution < 1.29 is 4.92 Å². The van der Waals surface area contributed by atoms with Crippen LogP contribution in [0.2, 0.25) is 0 Å². The van der Waals surface area contributed by atoms with Gasteiger partial charge in [-0.3, -0.25) is 15.1 Å². The summed E-state index contributed by atoms with van der Waals surface area (Å²) >= 11 is 0. The Balaban J connectivity index is 2.46. The Hall–Kier alpha value is -3.04. The van der Waals surface area contributed by atoms with Crippen molar-refractivity contribution in [2.45, 2.75) is 20.8 Å². The molecule has 0 aliphatic carbocycles. The van der Waals surface area contributed by atoms with Crippen LogP contribution < -0.4 is 5.32 Å². The molecule has 6 heteroatoms. The van der Waals surface area contributed by atoms with E-state index in [0.29, 0.717) is 27.8 Å². The van der Waals surface area contributed by atoms with E-state index in [-0.39, 0.29) is 5.69 Å². The highest BCUT2D eigenvalue weighted by molar-refractivity contribution is 6.33. The van der Waals surface area contributed by atoms with Crippen molar-refractivity contribution in [1.29, 1.82) is 0 Å². The van der Waals surface area contributed by atoms with Gasteiger partial charge < -0.3 is 0 Å². The average Bonchev–Trinajstić information content (AvgIpc) is 2.60. The van der Waals surface area contributed by atoms with E-state index in [4.69, 9.17) is 6.42 Å². The van der Waals surface area contributed by atoms with Crippen molar-refractivity contribution in [2.75, 3.05) is 0 Å². The normalized spacial score (nSPS) is 10.7. The largest absolute Gasteiger partial charge is 0.270 e. The fourth-order valence-electron chi connectivity index (χ4n) is 2.90. The molecule has 2 heterocycles. The molecule has 0 spiro atoms. The molecule has 1 aromatic carbocycles. The van der Waals surface area contributed by atoms with Crippen LogP contribution in [-0.2, 0) is 0 Å². The van der Waals surface area contributed by atoms with Gasteiger partial charge in [0.1, 0.15) is 5.69 Å². The highest BCUT2D eigenvalue weighted by atomic mass is 28.1. The van der Waals surface area contributed by atoms with E-state index < -0.39 is 4.92 Å². The standard InChI is InChI=1S/C19H14N3O2Si/c1-5-15-10(2)11(3)16-12(4)19(25)21-17(18(16)20-15)13-7-6-8-14(9-13)22(23)24/h1,6-9H,2-4H3. The Morgan fingerprint density at radius 3 is 2.52 bits per heavy atom. The summed E-state index contributed by atoms with van der Waals surface area (Å²) in [5, 5.41) is 12.7. The van der Waals surface area contributed by atoms with Crippen LogP contribution in [0.25, 0.3) is 22.2 Å². The van der Waals surface area contributed by atoms with Crippen molar-refractivity contribution >= 4 is 32.1 Å². The molecule has 0 aliphatic heterocycles. The summed E-state index contributed by atoms with van der Waals surface area (Å²) in [7, 11) is 3.55. The van der Waals surface area contributed by atoms with Gasteiger partial charge in [-0.25, -0.2) is 4.98 Å². The fourth-order valence-corrected chi connectivity index (χ4v) is 3.14. The summed E-state index contributed by atoms with van der Waals surface area (Å²) in [4.78, 5) is 19.9. The van der Waals surface area contributed by atoms with Crippen LogP contribution in [0.1, 0.15) is 22.4 Å². The third-order valence-corrected chi connectivity index (χ3v) is 4.89. The first-order valence-electron chi connectivity index (χ1n) is 7.59. The topological polar surface area (TPSA) is 68.9 Å². The number of hydrogen-bond donors (Lipinski definition) is 0. The number of nitrogens with zero attached hydrogens (tertiary/aromatic N) is 3. The number of terminal acetylenes is 1. The summed E-state index contributed by atoms with van der Waals surface area (Å²) in [6.45, 7) is 5.89. The van der Waals surface area contributed by atoms with Gasteiger partial charge >= 0.3 is 0 Å². The second-order valence-corrected chi connectivity index (χ2v) is 6.29. The van der Waals surface area contributed by atoms with Crippen LogP contribution in [0.15, 0.2) is 24.3 Å². The zero-order chi connectivity index (χ0) is 18.3. The molecule has 5 nitrogen and oxygen atoms in total. The van der Waals surface area contributed by atoms with Gasteiger partial charge in [-0.1, -0.05) is 12.1 Å². The molecule has 25 heavy (non-hydrogen) atoms. The molecule has 0 atom stereocenters. The Morgan fingerprint density at radius 2 is 1.88 bits per heavy atom. The van der Waals surface area contributed by atoms with Crippen molar-refractivity contribution in [2.24, 2.45) is 0 Å². The molecule has 0 aliphatic rings. The SMILES string of the molecule is C#Cc1nc2c(-c3cccc([N+](=O)[O-])c3)nc([Si])c(C)c2c(C)c1C. The summed E-state index contributed by atoms with van der Waals surface area (Å²) in [5.41, 5.74) is 5.33. The Bertz CT molecular complexity index is 1080. The maximum Gasteiger partial charge on any atom is 0.270 e. The molecule has 3 radical (unpaired) electrons. The number of pyridine rings is 2. The number of fused-ring (bicyclic) bond motifs is 1. The minimum absolute atomic E-state index is 0.00421. The molecule has 0 amide bonds. The van der Waals surface area contributed by atoms with E-state index in [2.05, 4.69) is 26.1 Å². The van der Waals surface area contributed by atoms with Gasteiger partial charge in [0.05, 0.1) is 26.4 Å². The zero-order valence-electron chi connectivity index (χ0n) is 14.0. The maximum atomic E-state index is 11.1. The lowest BCUT2D eigenvalue weighted by atomic mass is 9.97. The molecule has 0 bridgehead atoms. The second-order valence-electron chi connectivity index (χ2n) is 5.82. The van der Waals surface area contributed by atoms with Crippen molar-refractivity contribution in [3.63, 3.8) is 0 Å². The highest BCUT2D eigenvalue weighted by Crippen LogP contribution is 2.32. The average molecular weight is 344 g/mol. The van der Waals surface area contributed by atoms with E-state index in [0.717, 1.165) is 22.1 Å². The molecule has 0 fully saturated rings. The van der Waals surface area contributed by atoms with E-state index in [1.807, 2.05) is 20.8 Å². The predicted molar refractivity (Wildman–Crippen MR) is 99.2 cm³/mol. The first kappa shape index (κ1) is 16.8. The van der Waals surface area contributed by atoms with Crippen LogP contribution in [0.4, 0.5) is 5.69 Å². The van der Waals surface area contributed by atoms with Gasteiger partial charge in [0.15, 0.2) is 0 Å². The fraction of sp³-hybridized carbons (Fsp3) is 0.158. The molecule has 0 saturated heterocycles. The molecule has 0 unspecified atom stereocenters. The number of benzene rings is 1. The third kappa shape index (κ3) is 2.69. The van der Waals surface area contributed by atoms with Gasteiger partial charge in [-0.05, 0) is 43.4 Å². The predicted octanol–water partition coefficient (Wildman–Crippen LogP) is 2.91. The molecule has 0 N–H and O–H groups in total. The Kier molecular flexibility index (Phi) is 4.11. The number of nitro groups is 1. The quantitative estimate of drug-likeness (QED) is 0.310. The lowest BCUT2D eigenvalue weighted by Crippen LogP contribution is -2.16. The summed E-state index contributed by atoms with van der Waals surface area (Å²) in [5.74, 6) is 2.61. The van der Waals surface area contributed by atoms with Crippen LogP contribution in [-0.4, -0.2) is 25.1 Å². The monoisotopic (exact) mass is 344 g/mol. The number of non-ortho nitro benzene ring substituents is 1. The molecular weight excluding hydrogens is 330 g/mol.